The number of carbonyl (C=O) groups is 3. The first-order chi connectivity index (χ1) is 14.0. The number of urea groups is 1. The highest BCUT2D eigenvalue weighted by atomic mass is 16.6. The quantitative estimate of drug-likeness (QED) is 0.664. The van der Waals surface area contributed by atoms with Gasteiger partial charge in [0.05, 0.1) is 31.0 Å². The van der Waals surface area contributed by atoms with Crippen molar-refractivity contribution in [1.29, 1.82) is 0 Å². The summed E-state index contributed by atoms with van der Waals surface area (Å²) in [4.78, 5) is 37.0. The number of methoxy groups -OCH3 is 1. The number of nitrogens with one attached hydrogen (secondary N) is 2. The number of esters is 2. The van der Waals surface area contributed by atoms with Crippen LogP contribution in [-0.4, -0.2) is 51.0 Å². The summed E-state index contributed by atoms with van der Waals surface area (Å²) >= 11 is 0. The summed E-state index contributed by atoms with van der Waals surface area (Å²) < 4.78 is 20.9. The molecule has 29 heavy (non-hydrogen) atoms. The van der Waals surface area contributed by atoms with Gasteiger partial charge in [-0.15, -0.1) is 0 Å². The van der Waals surface area contributed by atoms with Gasteiger partial charge < -0.3 is 29.6 Å². The number of hydrogen-bond donors (Lipinski definition) is 2. The van der Waals surface area contributed by atoms with Crippen LogP contribution in [0.15, 0.2) is 35.5 Å². The lowest BCUT2D eigenvalue weighted by atomic mass is 9.95. The second-order valence-electron chi connectivity index (χ2n) is 6.53. The van der Waals surface area contributed by atoms with Crippen molar-refractivity contribution in [2.75, 3.05) is 26.9 Å². The molecule has 0 saturated carbocycles. The Morgan fingerprint density at radius 1 is 1.21 bits per heavy atom. The topological polar surface area (TPSA) is 112 Å². The summed E-state index contributed by atoms with van der Waals surface area (Å²) in [6.07, 6.45) is 0.762. The van der Waals surface area contributed by atoms with E-state index in [1.807, 2.05) is 0 Å². The molecule has 0 unspecified atom stereocenters. The number of carbonyl (C=O) groups excluding carboxylic acids is 3. The van der Waals surface area contributed by atoms with Gasteiger partial charge in [-0.3, -0.25) is 0 Å². The molecule has 0 radical (unpaired) electrons. The van der Waals surface area contributed by atoms with Gasteiger partial charge in [0, 0.05) is 6.61 Å². The van der Waals surface area contributed by atoms with Crippen molar-refractivity contribution in [2.45, 2.75) is 31.9 Å². The molecule has 156 valence electrons. The third-order valence-electron chi connectivity index (χ3n) is 4.65. The number of hydrogen-bond acceptors (Lipinski definition) is 7. The van der Waals surface area contributed by atoms with Crippen LogP contribution in [0.25, 0.3) is 0 Å². The summed E-state index contributed by atoms with van der Waals surface area (Å²) in [5.41, 5.74) is 1.02. The van der Waals surface area contributed by atoms with Gasteiger partial charge in [0.1, 0.15) is 12.4 Å². The molecule has 2 amide bonds. The normalized spacial score (nSPS) is 21.2. The molecule has 1 aromatic carbocycles. The zero-order chi connectivity index (χ0) is 20.8. The standard InChI is InChI=1S/C20H24N2O7/c1-3-27-19(24)16-14(11-29-18(23)15-5-4-10-28-15)21-20(25)22-17(16)12-6-8-13(26-2)9-7-12/h6-9,15,17H,3-5,10-11H2,1-2H3,(H2,21,22,25)/t15-,17+/m1/s1. The Kier molecular flexibility index (Phi) is 6.71. The second-order valence-corrected chi connectivity index (χ2v) is 6.53. The van der Waals surface area contributed by atoms with Gasteiger partial charge in [0.15, 0.2) is 6.10 Å². The van der Waals surface area contributed by atoms with Crippen molar-refractivity contribution in [3.63, 3.8) is 0 Å². The zero-order valence-corrected chi connectivity index (χ0v) is 16.4. The van der Waals surface area contributed by atoms with Crippen LogP contribution in [0.2, 0.25) is 0 Å². The Morgan fingerprint density at radius 2 is 1.97 bits per heavy atom. The highest BCUT2D eigenvalue weighted by Crippen LogP contribution is 2.29. The fourth-order valence-corrected chi connectivity index (χ4v) is 3.23. The molecule has 2 atom stereocenters. The van der Waals surface area contributed by atoms with Crippen LogP contribution in [0, 0.1) is 0 Å². The van der Waals surface area contributed by atoms with E-state index in [2.05, 4.69) is 10.6 Å². The van der Waals surface area contributed by atoms with Crippen molar-refractivity contribution >= 4 is 18.0 Å². The molecule has 3 rings (SSSR count). The first-order valence-electron chi connectivity index (χ1n) is 9.43. The minimum atomic E-state index is -0.759. The number of rotatable bonds is 7. The Hall–Kier alpha value is -3.07. The molecular weight excluding hydrogens is 380 g/mol. The van der Waals surface area contributed by atoms with E-state index in [1.165, 1.54) is 0 Å². The molecule has 9 nitrogen and oxygen atoms in total. The van der Waals surface area contributed by atoms with Crippen LogP contribution in [-0.2, 0) is 23.8 Å². The Balaban J connectivity index is 1.88. The summed E-state index contributed by atoms with van der Waals surface area (Å²) in [7, 11) is 1.55. The SMILES string of the molecule is CCOC(=O)C1=C(COC(=O)[C@H]2CCCO2)NC(=O)N[C@H]1c1ccc(OC)cc1. The predicted octanol–water partition coefficient (Wildman–Crippen LogP) is 1.59. The minimum Gasteiger partial charge on any atom is -0.497 e. The fourth-order valence-electron chi connectivity index (χ4n) is 3.23. The Labute approximate surface area is 168 Å². The maximum absolute atomic E-state index is 12.7. The van der Waals surface area contributed by atoms with E-state index in [4.69, 9.17) is 18.9 Å². The van der Waals surface area contributed by atoms with E-state index >= 15 is 0 Å². The second kappa shape index (κ2) is 9.42. The third kappa shape index (κ3) is 4.86. The van der Waals surface area contributed by atoms with E-state index in [0.717, 1.165) is 6.42 Å². The molecule has 1 fully saturated rings. The average Bonchev–Trinajstić information content (AvgIpc) is 3.26. The van der Waals surface area contributed by atoms with Crippen molar-refractivity contribution in [1.82, 2.24) is 10.6 Å². The zero-order valence-electron chi connectivity index (χ0n) is 16.4. The van der Waals surface area contributed by atoms with Crippen LogP contribution in [0.3, 0.4) is 0 Å². The van der Waals surface area contributed by atoms with Gasteiger partial charge in [0.25, 0.3) is 0 Å². The van der Waals surface area contributed by atoms with Crippen molar-refractivity contribution in [2.24, 2.45) is 0 Å². The molecule has 1 saturated heterocycles. The molecule has 2 aliphatic rings. The summed E-state index contributed by atoms with van der Waals surface area (Å²) in [5, 5.41) is 5.28. The maximum Gasteiger partial charge on any atom is 0.338 e. The highest BCUT2D eigenvalue weighted by Gasteiger charge is 2.35. The van der Waals surface area contributed by atoms with Crippen LogP contribution >= 0.6 is 0 Å². The highest BCUT2D eigenvalue weighted by molar-refractivity contribution is 5.95. The molecule has 0 aromatic heterocycles. The molecular formula is C20H24N2O7. The number of ether oxygens (including phenoxy) is 4. The van der Waals surface area contributed by atoms with Crippen LogP contribution in [0.4, 0.5) is 4.79 Å². The third-order valence-corrected chi connectivity index (χ3v) is 4.65. The van der Waals surface area contributed by atoms with Crippen molar-refractivity contribution in [3.05, 3.63) is 41.1 Å². The Morgan fingerprint density at radius 3 is 2.59 bits per heavy atom. The monoisotopic (exact) mass is 404 g/mol. The molecule has 2 heterocycles. The smallest absolute Gasteiger partial charge is 0.338 e. The molecule has 9 heteroatoms. The van der Waals surface area contributed by atoms with Gasteiger partial charge in [-0.1, -0.05) is 12.1 Å². The van der Waals surface area contributed by atoms with E-state index < -0.39 is 30.1 Å². The van der Waals surface area contributed by atoms with Gasteiger partial charge >= 0.3 is 18.0 Å². The lowest BCUT2D eigenvalue weighted by Crippen LogP contribution is -2.47. The Bertz CT molecular complexity index is 798. The largest absolute Gasteiger partial charge is 0.497 e. The van der Waals surface area contributed by atoms with Gasteiger partial charge in [0.2, 0.25) is 0 Å². The van der Waals surface area contributed by atoms with Gasteiger partial charge in [-0.25, -0.2) is 14.4 Å². The number of amides is 2. The predicted molar refractivity (Wildman–Crippen MR) is 101 cm³/mol. The number of benzene rings is 1. The van der Waals surface area contributed by atoms with Crippen LogP contribution in [0.1, 0.15) is 31.4 Å². The molecule has 1 aromatic rings. The van der Waals surface area contributed by atoms with Crippen LogP contribution < -0.4 is 15.4 Å². The van der Waals surface area contributed by atoms with Gasteiger partial charge in [-0.05, 0) is 37.5 Å². The molecule has 2 aliphatic heterocycles. The van der Waals surface area contributed by atoms with E-state index in [0.29, 0.717) is 24.3 Å². The lowest BCUT2D eigenvalue weighted by Gasteiger charge is -2.29. The fraction of sp³-hybridized carbons (Fsp3) is 0.450. The van der Waals surface area contributed by atoms with Crippen molar-refractivity contribution < 1.29 is 33.3 Å². The molecule has 0 spiro atoms. The maximum atomic E-state index is 12.7. The van der Waals surface area contributed by atoms with E-state index in [1.54, 1.807) is 38.3 Å². The van der Waals surface area contributed by atoms with Crippen LogP contribution in [0.5, 0.6) is 5.75 Å². The van der Waals surface area contributed by atoms with Crippen molar-refractivity contribution in [3.8, 4) is 5.75 Å². The van der Waals surface area contributed by atoms with Gasteiger partial charge in [-0.2, -0.15) is 0 Å². The molecule has 0 bridgehead atoms. The van der Waals surface area contributed by atoms with E-state index in [9.17, 15) is 14.4 Å². The summed E-state index contributed by atoms with van der Waals surface area (Å²) in [6.45, 7) is 2.09. The first-order valence-corrected chi connectivity index (χ1v) is 9.43. The first kappa shape index (κ1) is 20.7. The summed E-state index contributed by atoms with van der Waals surface area (Å²) in [6, 6.07) is 5.66. The lowest BCUT2D eigenvalue weighted by molar-refractivity contribution is -0.153. The summed E-state index contributed by atoms with van der Waals surface area (Å²) in [5.74, 6) is -0.489. The molecule has 2 N–H and O–H groups in total. The van der Waals surface area contributed by atoms with E-state index in [-0.39, 0.29) is 24.5 Å². The average molecular weight is 404 g/mol. The minimum absolute atomic E-state index is 0.161. The molecule has 0 aliphatic carbocycles.